The molecule has 16 heavy (non-hydrogen) atoms. The molecule has 1 saturated carbocycles. The van der Waals surface area contributed by atoms with Crippen molar-refractivity contribution in [2.75, 3.05) is 0 Å². The number of carbonyl (C=O) groups is 1. The topological polar surface area (TPSA) is 60.2 Å². The standard InChI is InChI=1S/C11H10BrNO3/c1-6(14)9-5-10(9)8-3-2-7(12)4-11(8)13(15)16/h2-4,9-10H,5H2,1H3. The summed E-state index contributed by atoms with van der Waals surface area (Å²) in [5, 5.41) is 10.9. The largest absolute Gasteiger partial charge is 0.300 e. The number of ketones is 1. The number of Topliss-reactive ketones (excluding diaryl/α,β-unsaturated/α-hetero) is 1. The van der Waals surface area contributed by atoms with E-state index in [1.807, 2.05) is 0 Å². The van der Waals surface area contributed by atoms with Crippen LogP contribution in [0.15, 0.2) is 22.7 Å². The zero-order valence-electron chi connectivity index (χ0n) is 8.64. The first kappa shape index (κ1) is 11.3. The lowest BCUT2D eigenvalue weighted by Gasteiger charge is -2.01. The molecule has 0 saturated heterocycles. The van der Waals surface area contributed by atoms with Gasteiger partial charge in [-0.05, 0) is 19.4 Å². The predicted octanol–water partition coefficient (Wildman–Crippen LogP) is 3.05. The summed E-state index contributed by atoms with van der Waals surface area (Å²) in [5.74, 6) is 0.119. The van der Waals surface area contributed by atoms with E-state index >= 15 is 0 Å². The zero-order chi connectivity index (χ0) is 11.9. The molecule has 1 aromatic carbocycles. The third-order valence-corrected chi connectivity index (χ3v) is 3.39. The van der Waals surface area contributed by atoms with E-state index in [1.165, 1.54) is 13.0 Å². The van der Waals surface area contributed by atoms with E-state index in [0.717, 1.165) is 6.42 Å². The van der Waals surface area contributed by atoms with E-state index in [9.17, 15) is 14.9 Å². The first-order valence-electron chi connectivity index (χ1n) is 4.95. The average molecular weight is 284 g/mol. The fraction of sp³-hybridized carbons (Fsp3) is 0.364. The van der Waals surface area contributed by atoms with Crippen molar-refractivity contribution in [1.29, 1.82) is 0 Å². The smallest absolute Gasteiger partial charge is 0.274 e. The van der Waals surface area contributed by atoms with Gasteiger partial charge in [0.15, 0.2) is 0 Å². The number of carbonyl (C=O) groups excluding carboxylic acids is 1. The summed E-state index contributed by atoms with van der Waals surface area (Å²) < 4.78 is 0.683. The highest BCUT2D eigenvalue weighted by atomic mass is 79.9. The summed E-state index contributed by atoms with van der Waals surface area (Å²) in [4.78, 5) is 21.6. The summed E-state index contributed by atoms with van der Waals surface area (Å²) in [5.41, 5.74) is 0.775. The number of nitro groups is 1. The van der Waals surface area contributed by atoms with Crippen LogP contribution in [0, 0.1) is 16.0 Å². The average Bonchev–Trinajstić information content (AvgIpc) is 2.97. The van der Waals surface area contributed by atoms with Crippen molar-refractivity contribution < 1.29 is 9.72 Å². The lowest BCUT2D eigenvalue weighted by atomic mass is 10.1. The highest BCUT2D eigenvalue weighted by molar-refractivity contribution is 9.10. The Bertz CT molecular complexity index is 472. The van der Waals surface area contributed by atoms with Crippen molar-refractivity contribution in [3.63, 3.8) is 0 Å². The number of nitro benzene ring substituents is 1. The van der Waals surface area contributed by atoms with Crippen LogP contribution < -0.4 is 0 Å². The van der Waals surface area contributed by atoms with Crippen LogP contribution in [0.5, 0.6) is 0 Å². The molecule has 2 atom stereocenters. The van der Waals surface area contributed by atoms with Crippen LogP contribution >= 0.6 is 15.9 Å². The molecule has 1 aliphatic rings. The summed E-state index contributed by atoms with van der Waals surface area (Å²) in [7, 11) is 0. The first-order valence-corrected chi connectivity index (χ1v) is 5.74. The molecule has 0 radical (unpaired) electrons. The van der Waals surface area contributed by atoms with Gasteiger partial charge in [-0.15, -0.1) is 0 Å². The van der Waals surface area contributed by atoms with Gasteiger partial charge < -0.3 is 0 Å². The molecular weight excluding hydrogens is 274 g/mol. The fourth-order valence-corrected chi connectivity index (χ4v) is 2.33. The molecule has 5 heteroatoms. The maximum Gasteiger partial charge on any atom is 0.274 e. The molecule has 0 aliphatic heterocycles. The van der Waals surface area contributed by atoms with Crippen molar-refractivity contribution in [3.8, 4) is 0 Å². The molecule has 0 amide bonds. The third-order valence-electron chi connectivity index (χ3n) is 2.90. The minimum atomic E-state index is -0.393. The molecule has 1 aliphatic carbocycles. The monoisotopic (exact) mass is 283 g/mol. The Hall–Kier alpha value is -1.23. The number of benzene rings is 1. The van der Waals surface area contributed by atoms with Crippen LogP contribution in [-0.4, -0.2) is 10.7 Å². The normalized spacial score (nSPS) is 22.9. The Morgan fingerprint density at radius 1 is 1.56 bits per heavy atom. The van der Waals surface area contributed by atoms with Crippen molar-refractivity contribution in [2.24, 2.45) is 5.92 Å². The van der Waals surface area contributed by atoms with E-state index in [2.05, 4.69) is 15.9 Å². The molecule has 2 rings (SSSR count). The molecule has 0 spiro atoms. The van der Waals surface area contributed by atoms with Gasteiger partial charge in [0.1, 0.15) is 5.78 Å². The van der Waals surface area contributed by atoms with Gasteiger partial charge in [0.2, 0.25) is 0 Å². The molecule has 1 fully saturated rings. The Morgan fingerprint density at radius 2 is 2.25 bits per heavy atom. The Kier molecular flexibility index (Phi) is 2.80. The van der Waals surface area contributed by atoms with E-state index in [-0.39, 0.29) is 23.3 Å². The van der Waals surface area contributed by atoms with Gasteiger partial charge >= 0.3 is 0 Å². The number of nitrogens with zero attached hydrogens (tertiary/aromatic N) is 1. The number of rotatable bonds is 3. The minimum absolute atomic E-state index is 0.0279. The second-order valence-electron chi connectivity index (χ2n) is 4.02. The maximum absolute atomic E-state index is 11.2. The van der Waals surface area contributed by atoms with Crippen molar-refractivity contribution >= 4 is 27.4 Å². The van der Waals surface area contributed by atoms with Gasteiger partial charge in [-0.3, -0.25) is 14.9 Å². The molecule has 0 aromatic heterocycles. The molecule has 1 aromatic rings. The van der Waals surface area contributed by atoms with Crippen LogP contribution in [0.4, 0.5) is 5.69 Å². The summed E-state index contributed by atoms with van der Waals surface area (Å²) in [6, 6.07) is 5.00. The second kappa shape index (κ2) is 3.97. The minimum Gasteiger partial charge on any atom is -0.300 e. The van der Waals surface area contributed by atoms with Crippen LogP contribution in [0.25, 0.3) is 0 Å². The van der Waals surface area contributed by atoms with E-state index in [0.29, 0.717) is 10.0 Å². The molecule has 0 N–H and O–H groups in total. The van der Waals surface area contributed by atoms with Crippen molar-refractivity contribution in [3.05, 3.63) is 38.3 Å². The molecule has 84 valence electrons. The van der Waals surface area contributed by atoms with Gasteiger partial charge in [0, 0.05) is 27.9 Å². The molecule has 2 unspecified atom stereocenters. The van der Waals surface area contributed by atoms with Crippen LogP contribution in [-0.2, 0) is 4.79 Å². The van der Waals surface area contributed by atoms with E-state index in [1.54, 1.807) is 12.1 Å². The molecular formula is C11H10BrNO3. The van der Waals surface area contributed by atoms with Gasteiger partial charge in [-0.25, -0.2) is 0 Å². The first-order chi connectivity index (χ1) is 7.50. The third kappa shape index (κ3) is 2.00. The molecule has 0 bridgehead atoms. The lowest BCUT2D eigenvalue weighted by Crippen LogP contribution is -1.98. The van der Waals surface area contributed by atoms with Gasteiger partial charge in [-0.2, -0.15) is 0 Å². The van der Waals surface area contributed by atoms with Crippen molar-refractivity contribution in [2.45, 2.75) is 19.3 Å². The van der Waals surface area contributed by atoms with Gasteiger partial charge in [-0.1, -0.05) is 22.0 Å². The summed E-state index contributed by atoms with van der Waals surface area (Å²) in [6.07, 6.45) is 0.734. The maximum atomic E-state index is 11.2. The van der Waals surface area contributed by atoms with E-state index < -0.39 is 4.92 Å². The SMILES string of the molecule is CC(=O)C1CC1c1ccc(Br)cc1[N+](=O)[O-]. The number of halogens is 1. The lowest BCUT2D eigenvalue weighted by molar-refractivity contribution is -0.385. The molecule has 0 heterocycles. The van der Waals surface area contributed by atoms with Gasteiger partial charge in [0.25, 0.3) is 5.69 Å². The molecule has 4 nitrogen and oxygen atoms in total. The van der Waals surface area contributed by atoms with Gasteiger partial charge in [0.05, 0.1) is 4.92 Å². The number of hydrogen-bond donors (Lipinski definition) is 0. The van der Waals surface area contributed by atoms with Crippen LogP contribution in [0.1, 0.15) is 24.8 Å². The highest BCUT2D eigenvalue weighted by Gasteiger charge is 2.44. The Labute approximate surface area is 101 Å². The zero-order valence-corrected chi connectivity index (χ0v) is 10.2. The summed E-state index contributed by atoms with van der Waals surface area (Å²) in [6.45, 7) is 1.54. The predicted molar refractivity (Wildman–Crippen MR) is 62.3 cm³/mol. The van der Waals surface area contributed by atoms with E-state index in [4.69, 9.17) is 0 Å². The fourth-order valence-electron chi connectivity index (χ4n) is 1.98. The second-order valence-corrected chi connectivity index (χ2v) is 4.94. The number of hydrogen-bond acceptors (Lipinski definition) is 3. The van der Waals surface area contributed by atoms with Crippen LogP contribution in [0.2, 0.25) is 0 Å². The summed E-state index contributed by atoms with van der Waals surface area (Å²) >= 11 is 3.21. The van der Waals surface area contributed by atoms with Crippen LogP contribution in [0.3, 0.4) is 0 Å². The Balaban J connectivity index is 2.35. The highest BCUT2D eigenvalue weighted by Crippen LogP contribution is 2.50. The quantitative estimate of drug-likeness (QED) is 0.633. The Morgan fingerprint density at radius 3 is 2.75 bits per heavy atom. The van der Waals surface area contributed by atoms with Crippen molar-refractivity contribution in [1.82, 2.24) is 0 Å².